The van der Waals surface area contributed by atoms with E-state index < -0.39 is 0 Å². The quantitative estimate of drug-likeness (QED) is 0.943. The second kappa shape index (κ2) is 6.24. The second-order valence-corrected chi connectivity index (χ2v) is 6.48. The van der Waals surface area contributed by atoms with Crippen molar-refractivity contribution in [3.63, 3.8) is 0 Å². The summed E-state index contributed by atoms with van der Waals surface area (Å²) in [5.74, 6) is 1.05. The normalized spacial score (nSPS) is 16.6. The first-order chi connectivity index (χ1) is 10.6. The molecule has 5 nitrogen and oxygen atoms in total. The standard InChI is InChI=1S/C17H27N5/c1-4-5-8-22-13(3)16-12(2)11-15(19-17(16)20-22)21-9-6-14(18)7-10-21/h11,14H,4-10,18H2,1-3H3. The molecule has 0 spiro atoms. The van der Waals surface area contributed by atoms with Gasteiger partial charge < -0.3 is 10.6 Å². The van der Waals surface area contributed by atoms with Crippen molar-refractivity contribution < 1.29 is 0 Å². The molecule has 0 aromatic carbocycles. The first-order valence-electron chi connectivity index (χ1n) is 8.45. The number of aryl methyl sites for hydroxylation is 3. The fourth-order valence-corrected chi connectivity index (χ4v) is 3.29. The number of aromatic nitrogens is 3. The van der Waals surface area contributed by atoms with Crippen molar-refractivity contribution >= 4 is 16.9 Å². The smallest absolute Gasteiger partial charge is 0.183 e. The Labute approximate surface area is 132 Å². The molecule has 1 saturated heterocycles. The van der Waals surface area contributed by atoms with Crippen molar-refractivity contribution in [2.45, 2.75) is 59.0 Å². The topological polar surface area (TPSA) is 60.0 Å². The Kier molecular flexibility index (Phi) is 4.34. The summed E-state index contributed by atoms with van der Waals surface area (Å²) < 4.78 is 2.12. The summed E-state index contributed by atoms with van der Waals surface area (Å²) in [6, 6.07) is 2.55. The number of anilines is 1. The van der Waals surface area contributed by atoms with Crippen molar-refractivity contribution in [3.8, 4) is 0 Å². The third-order valence-corrected chi connectivity index (χ3v) is 4.74. The zero-order valence-electron chi connectivity index (χ0n) is 14.0. The maximum absolute atomic E-state index is 6.00. The highest BCUT2D eigenvalue weighted by Gasteiger charge is 2.19. The van der Waals surface area contributed by atoms with Crippen LogP contribution in [0.3, 0.4) is 0 Å². The Bertz CT molecular complexity index is 653. The molecule has 2 N–H and O–H groups in total. The van der Waals surface area contributed by atoms with Crippen molar-refractivity contribution in [1.82, 2.24) is 14.8 Å². The van der Waals surface area contributed by atoms with Gasteiger partial charge in [-0.2, -0.15) is 5.10 Å². The fourth-order valence-electron chi connectivity index (χ4n) is 3.29. The summed E-state index contributed by atoms with van der Waals surface area (Å²) in [5.41, 5.74) is 9.40. The number of hydrogen-bond acceptors (Lipinski definition) is 4. The molecule has 0 saturated carbocycles. The van der Waals surface area contributed by atoms with Crippen LogP contribution in [0.5, 0.6) is 0 Å². The van der Waals surface area contributed by atoms with E-state index in [4.69, 9.17) is 15.8 Å². The second-order valence-electron chi connectivity index (χ2n) is 6.48. The van der Waals surface area contributed by atoms with E-state index in [-0.39, 0.29) is 0 Å². The Hall–Kier alpha value is -1.62. The maximum atomic E-state index is 6.00. The molecule has 0 bridgehead atoms. The molecular weight excluding hydrogens is 274 g/mol. The number of rotatable bonds is 4. The van der Waals surface area contributed by atoms with Crippen LogP contribution in [0.2, 0.25) is 0 Å². The average molecular weight is 301 g/mol. The van der Waals surface area contributed by atoms with Crippen LogP contribution in [0.1, 0.15) is 43.9 Å². The summed E-state index contributed by atoms with van der Waals surface area (Å²) in [5, 5.41) is 5.95. The lowest BCUT2D eigenvalue weighted by Crippen LogP contribution is -2.40. The van der Waals surface area contributed by atoms with Crippen LogP contribution in [0.4, 0.5) is 5.82 Å². The first-order valence-corrected chi connectivity index (χ1v) is 8.45. The van der Waals surface area contributed by atoms with Crippen LogP contribution in [0.25, 0.3) is 11.0 Å². The number of hydrogen-bond donors (Lipinski definition) is 1. The Morgan fingerprint density at radius 2 is 2.00 bits per heavy atom. The van der Waals surface area contributed by atoms with Crippen LogP contribution in [-0.2, 0) is 6.54 Å². The van der Waals surface area contributed by atoms with Crippen molar-refractivity contribution in [2.75, 3.05) is 18.0 Å². The molecule has 2 aromatic heterocycles. The molecule has 1 aliphatic rings. The molecule has 1 aliphatic heterocycles. The zero-order chi connectivity index (χ0) is 15.7. The van der Waals surface area contributed by atoms with Gasteiger partial charge in [-0.25, -0.2) is 4.98 Å². The lowest BCUT2D eigenvalue weighted by molar-refractivity contribution is 0.499. The van der Waals surface area contributed by atoms with Gasteiger partial charge in [0.2, 0.25) is 0 Å². The predicted octanol–water partition coefficient (Wildman–Crippen LogP) is 2.78. The minimum absolute atomic E-state index is 0.344. The van der Waals surface area contributed by atoms with E-state index in [2.05, 4.69) is 36.4 Å². The largest absolute Gasteiger partial charge is 0.356 e. The Morgan fingerprint density at radius 1 is 1.27 bits per heavy atom. The highest BCUT2D eigenvalue weighted by molar-refractivity contribution is 5.83. The van der Waals surface area contributed by atoms with Crippen LogP contribution in [-0.4, -0.2) is 33.9 Å². The Balaban J connectivity index is 1.94. The van der Waals surface area contributed by atoms with E-state index in [0.29, 0.717) is 6.04 Å². The fraction of sp³-hybridized carbons (Fsp3) is 0.647. The van der Waals surface area contributed by atoms with Gasteiger partial charge in [-0.15, -0.1) is 0 Å². The van der Waals surface area contributed by atoms with Crippen LogP contribution >= 0.6 is 0 Å². The summed E-state index contributed by atoms with van der Waals surface area (Å²) in [6.07, 6.45) is 4.43. The lowest BCUT2D eigenvalue weighted by Gasteiger charge is -2.31. The molecule has 2 aromatic rings. The highest BCUT2D eigenvalue weighted by Crippen LogP contribution is 2.26. The van der Waals surface area contributed by atoms with Gasteiger partial charge in [-0.3, -0.25) is 4.68 Å². The van der Waals surface area contributed by atoms with Gasteiger partial charge in [-0.1, -0.05) is 13.3 Å². The number of piperidine rings is 1. The van der Waals surface area contributed by atoms with Crippen LogP contribution in [0.15, 0.2) is 6.07 Å². The highest BCUT2D eigenvalue weighted by atomic mass is 15.3. The van der Waals surface area contributed by atoms with E-state index >= 15 is 0 Å². The molecule has 0 amide bonds. The molecule has 22 heavy (non-hydrogen) atoms. The van der Waals surface area contributed by atoms with E-state index in [1.807, 2.05) is 0 Å². The van der Waals surface area contributed by atoms with Gasteiger partial charge in [0.1, 0.15) is 5.82 Å². The maximum Gasteiger partial charge on any atom is 0.183 e. The number of fused-ring (bicyclic) bond motifs is 1. The minimum atomic E-state index is 0.344. The lowest BCUT2D eigenvalue weighted by atomic mass is 10.1. The SMILES string of the molecule is CCCCn1nc2nc(N3CCC(N)CC3)cc(C)c2c1C. The van der Waals surface area contributed by atoms with Crippen molar-refractivity contribution in [2.24, 2.45) is 5.73 Å². The van der Waals surface area contributed by atoms with Gasteiger partial charge in [-0.05, 0) is 44.7 Å². The molecule has 0 unspecified atom stereocenters. The van der Waals surface area contributed by atoms with E-state index in [1.165, 1.54) is 23.1 Å². The average Bonchev–Trinajstić information content (AvgIpc) is 2.82. The van der Waals surface area contributed by atoms with E-state index in [1.54, 1.807) is 0 Å². The number of pyridine rings is 1. The van der Waals surface area contributed by atoms with E-state index in [0.717, 1.165) is 50.4 Å². The number of nitrogens with zero attached hydrogens (tertiary/aromatic N) is 4. The molecule has 5 heteroatoms. The Morgan fingerprint density at radius 3 is 2.68 bits per heavy atom. The number of nitrogens with two attached hydrogens (primary N) is 1. The van der Waals surface area contributed by atoms with Crippen LogP contribution in [0, 0.1) is 13.8 Å². The third kappa shape index (κ3) is 2.82. The van der Waals surface area contributed by atoms with Crippen molar-refractivity contribution in [1.29, 1.82) is 0 Å². The molecular formula is C17H27N5. The van der Waals surface area contributed by atoms with Gasteiger partial charge in [0.25, 0.3) is 0 Å². The van der Waals surface area contributed by atoms with Gasteiger partial charge in [0.05, 0.1) is 0 Å². The van der Waals surface area contributed by atoms with Gasteiger partial charge in [0, 0.05) is 36.8 Å². The first kappa shape index (κ1) is 15.3. The summed E-state index contributed by atoms with van der Waals surface area (Å²) >= 11 is 0. The molecule has 3 heterocycles. The monoisotopic (exact) mass is 301 g/mol. The minimum Gasteiger partial charge on any atom is -0.356 e. The third-order valence-electron chi connectivity index (χ3n) is 4.74. The number of unbranched alkanes of at least 4 members (excludes halogenated alkanes) is 1. The molecule has 1 fully saturated rings. The summed E-state index contributed by atoms with van der Waals surface area (Å²) in [6.45, 7) is 9.50. The molecule has 120 valence electrons. The zero-order valence-corrected chi connectivity index (χ0v) is 14.0. The molecule has 0 radical (unpaired) electrons. The molecule has 0 atom stereocenters. The van der Waals surface area contributed by atoms with Gasteiger partial charge >= 0.3 is 0 Å². The molecule has 3 rings (SSSR count). The van der Waals surface area contributed by atoms with E-state index in [9.17, 15) is 0 Å². The van der Waals surface area contributed by atoms with Gasteiger partial charge in [0.15, 0.2) is 5.65 Å². The summed E-state index contributed by atoms with van der Waals surface area (Å²) in [7, 11) is 0. The predicted molar refractivity (Wildman–Crippen MR) is 91.3 cm³/mol. The molecule has 0 aliphatic carbocycles. The van der Waals surface area contributed by atoms with Crippen molar-refractivity contribution in [3.05, 3.63) is 17.3 Å². The van der Waals surface area contributed by atoms with Crippen LogP contribution < -0.4 is 10.6 Å². The summed E-state index contributed by atoms with van der Waals surface area (Å²) in [4.78, 5) is 7.17.